The van der Waals surface area contributed by atoms with Gasteiger partial charge in [0.05, 0.1) is 26.4 Å². The smallest absolute Gasteiger partial charge is 0.463 e. The van der Waals surface area contributed by atoms with Crippen LogP contribution in [0.1, 0.15) is 290 Å². The predicted molar refractivity (Wildman–Crippen MR) is 399 cm³/mol. The molecule has 18 heteroatoms. The number of phosphoric acid groups is 2. The van der Waals surface area contributed by atoms with Gasteiger partial charge in [0, 0.05) is 19.3 Å². The third-order valence-electron chi connectivity index (χ3n) is 15.3. The molecule has 0 radical (unpaired) electrons. The van der Waals surface area contributed by atoms with Gasteiger partial charge < -0.3 is 34.2 Å². The summed E-state index contributed by atoms with van der Waals surface area (Å²) in [6, 6.07) is 0. The van der Waals surface area contributed by atoms with Crippen molar-refractivity contribution in [3.8, 4) is 0 Å². The molecule has 0 bridgehead atoms. The van der Waals surface area contributed by atoms with Crippen LogP contribution in [0, 0.1) is 0 Å². The summed E-state index contributed by atoms with van der Waals surface area (Å²) in [6.07, 6.45) is 85.0. The maximum Gasteiger partial charge on any atom is 0.472 e. The van der Waals surface area contributed by atoms with Crippen LogP contribution in [0.15, 0.2) is 134 Å². The van der Waals surface area contributed by atoms with Crippen LogP contribution in [0.2, 0.25) is 0 Å². The number of rotatable bonds is 70. The highest BCUT2D eigenvalue weighted by Crippen LogP contribution is 2.45. The Morgan fingerprint density at radius 3 is 0.866 bits per heavy atom. The number of esters is 3. The Hall–Kier alpha value is -4.31. The third-order valence-corrected chi connectivity index (χ3v) is 17.2. The minimum Gasteiger partial charge on any atom is -0.463 e. The molecule has 4 N–H and O–H groups in total. The van der Waals surface area contributed by atoms with E-state index >= 15 is 0 Å². The molecule has 0 heterocycles. The quantitative estimate of drug-likeness (QED) is 0.0146. The molecule has 0 aromatic heterocycles. The normalized spacial score (nSPS) is 14.8. The maximum atomic E-state index is 12.9. The average Bonchev–Trinajstić information content (AvgIpc) is 2.48. The van der Waals surface area contributed by atoms with E-state index < -0.39 is 91.5 Å². The topological polar surface area (TPSA) is 231 Å². The number of hydrogen-bond donors (Lipinski definition) is 4. The van der Waals surface area contributed by atoms with Gasteiger partial charge in [-0.1, -0.05) is 270 Å². The molecule has 0 saturated carbocycles. The van der Waals surface area contributed by atoms with Gasteiger partial charge in [0.2, 0.25) is 0 Å². The molecule has 0 amide bonds. The minimum atomic E-state index is -4.94. The van der Waals surface area contributed by atoms with Gasteiger partial charge in [-0.2, -0.15) is 0 Å². The first-order chi connectivity index (χ1) is 47.2. The second kappa shape index (κ2) is 71.5. The number of carbonyl (C=O) groups is 3. The average molecular weight is 1400 g/mol. The molecule has 5 unspecified atom stereocenters. The van der Waals surface area contributed by atoms with E-state index in [0.717, 1.165) is 161 Å². The molecule has 5 atom stereocenters. The summed E-state index contributed by atoms with van der Waals surface area (Å²) in [7, 11) is -9.80. The third kappa shape index (κ3) is 72.8. The van der Waals surface area contributed by atoms with E-state index in [1.807, 2.05) is 0 Å². The Kier molecular flexibility index (Phi) is 68.3. The SMILES string of the molecule is CC/C=C\C/C=C\C/C=C\C/C=C\CCCCCCCCC(=O)OCC(COP(=O)(O)OCC(O)COP(=O)(O)OCC(O)COC(=O)CCCCCCCCCCCCC/C=C\C/C=C\C/C=C\C/C=C\CCCCC)OC(=O)CCCCCCC/C=C\C/C=C\C/C=C\CC. The second-order valence-corrected chi connectivity index (χ2v) is 27.6. The Morgan fingerprint density at radius 1 is 0.299 bits per heavy atom. The van der Waals surface area contributed by atoms with E-state index in [0.29, 0.717) is 19.3 Å². The number of carbonyl (C=O) groups excluding carboxylic acids is 3. The zero-order valence-corrected chi connectivity index (χ0v) is 62.2. The van der Waals surface area contributed by atoms with Crippen LogP contribution < -0.4 is 0 Å². The zero-order valence-electron chi connectivity index (χ0n) is 60.5. The fraction of sp³-hybridized carbons (Fsp3) is 0.684. The van der Waals surface area contributed by atoms with Crippen molar-refractivity contribution in [2.24, 2.45) is 0 Å². The zero-order chi connectivity index (χ0) is 70.9. The molecular formula is C79H134O16P2. The van der Waals surface area contributed by atoms with Gasteiger partial charge in [-0.05, 0) is 135 Å². The molecule has 0 aromatic carbocycles. The number of phosphoric ester groups is 2. The van der Waals surface area contributed by atoms with Gasteiger partial charge in [-0.3, -0.25) is 32.5 Å². The first-order valence-electron chi connectivity index (χ1n) is 37.5. The van der Waals surface area contributed by atoms with Crippen LogP contribution in [0.25, 0.3) is 0 Å². The molecule has 16 nitrogen and oxygen atoms in total. The molecule has 0 aromatic rings. The van der Waals surface area contributed by atoms with E-state index in [4.69, 9.17) is 32.3 Å². The van der Waals surface area contributed by atoms with Crippen molar-refractivity contribution in [1.29, 1.82) is 0 Å². The largest absolute Gasteiger partial charge is 0.472 e. The van der Waals surface area contributed by atoms with Crippen molar-refractivity contribution in [3.63, 3.8) is 0 Å². The van der Waals surface area contributed by atoms with Crippen molar-refractivity contribution < 1.29 is 75.8 Å². The van der Waals surface area contributed by atoms with Crippen molar-refractivity contribution >= 4 is 33.6 Å². The molecule has 0 saturated heterocycles. The van der Waals surface area contributed by atoms with Gasteiger partial charge in [-0.15, -0.1) is 0 Å². The lowest BCUT2D eigenvalue weighted by molar-refractivity contribution is -0.161. The maximum absolute atomic E-state index is 12.9. The standard InChI is InChI=1S/C79H134O16P2/c1-4-7-10-13-16-19-22-25-28-30-32-33-34-35-36-37-38-39-41-43-45-47-50-53-56-59-62-65-77(82)89-68-74(80)69-91-96(85,86)92-70-75(81)71-93-97(87,88)94-73-76(95-79(84)67-64-61-58-55-52-49-44-27-24-21-18-15-12-9-6-3)72-90-78(83)66-63-60-57-54-51-48-46-42-40-31-29-26-23-20-17-14-11-8-5-2/h8-9,11-12,16-21,25-29,32-33,35-36,40,42,44,74-76,80-81H,4-7,10,13-15,22-24,30-31,34,37-39,41,43,45-73H2,1-3H3,(H,85,86)(H,87,88)/b11-8-,12-9-,19-16-,20-17-,21-18-,28-25-,29-26-,33-32-,36-35-,42-40-,44-27-. The highest BCUT2D eigenvalue weighted by molar-refractivity contribution is 7.47. The minimum absolute atomic E-state index is 0.0782. The molecule has 0 aliphatic rings. The van der Waals surface area contributed by atoms with Gasteiger partial charge in [0.15, 0.2) is 6.10 Å². The monoisotopic (exact) mass is 1400 g/mol. The number of ether oxygens (including phenoxy) is 3. The van der Waals surface area contributed by atoms with Crippen molar-refractivity contribution in [3.05, 3.63) is 134 Å². The first kappa shape index (κ1) is 92.7. The predicted octanol–water partition coefficient (Wildman–Crippen LogP) is 21.5. The van der Waals surface area contributed by atoms with E-state index in [9.17, 15) is 43.5 Å². The number of aliphatic hydroxyl groups excluding tert-OH is 2. The van der Waals surface area contributed by atoms with E-state index in [1.54, 1.807) is 0 Å². The van der Waals surface area contributed by atoms with Crippen molar-refractivity contribution in [2.45, 2.75) is 309 Å². The van der Waals surface area contributed by atoms with Crippen LogP contribution in [-0.2, 0) is 55.8 Å². The summed E-state index contributed by atoms with van der Waals surface area (Å²) >= 11 is 0. The second-order valence-electron chi connectivity index (χ2n) is 24.7. The first-order valence-corrected chi connectivity index (χ1v) is 40.5. The highest BCUT2D eigenvalue weighted by atomic mass is 31.2. The number of unbranched alkanes of at least 4 members (excludes halogenated alkanes) is 25. The van der Waals surface area contributed by atoms with Crippen LogP contribution in [0.4, 0.5) is 0 Å². The summed E-state index contributed by atoms with van der Waals surface area (Å²) in [5, 5.41) is 20.6. The lowest BCUT2D eigenvalue weighted by Crippen LogP contribution is -2.30. The van der Waals surface area contributed by atoms with Crippen LogP contribution >= 0.6 is 15.6 Å². The fourth-order valence-electron chi connectivity index (χ4n) is 9.68. The molecule has 97 heavy (non-hydrogen) atoms. The summed E-state index contributed by atoms with van der Waals surface area (Å²) in [6.45, 7) is 2.38. The summed E-state index contributed by atoms with van der Waals surface area (Å²) in [5.74, 6) is -1.62. The van der Waals surface area contributed by atoms with Gasteiger partial charge in [0.1, 0.15) is 25.4 Å². The van der Waals surface area contributed by atoms with E-state index in [-0.39, 0.29) is 19.3 Å². The molecule has 556 valence electrons. The fourth-order valence-corrected chi connectivity index (χ4v) is 11.3. The van der Waals surface area contributed by atoms with Gasteiger partial charge >= 0.3 is 33.6 Å². The number of allylic oxidation sites excluding steroid dienone is 22. The molecular weight excluding hydrogens is 1270 g/mol. The Balaban J connectivity index is 4.58. The number of hydrogen-bond acceptors (Lipinski definition) is 14. The van der Waals surface area contributed by atoms with Crippen LogP contribution in [-0.4, -0.2) is 95.9 Å². The van der Waals surface area contributed by atoms with E-state index in [2.05, 4.69) is 154 Å². The van der Waals surface area contributed by atoms with Gasteiger partial charge in [-0.25, -0.2) is 9.13 Å². The van der Waals surface area contributed by atoms with Crippen LogP contribution in [0.3, 0.4) is 0 Å². The summed E-state index contributed by atoms with van der Waals surface area (Å²) < 4.78 is 61.0. The molecule has 0 rings (SSSR count). The van der Waals surface area contributed by atoms with Crippen LogP contribution in [0.5, 0.6) is 0 Å². The highest BCUT2D eigenvalue weighted by Gasteiger charge is 2.29. The Morgan fingerprint density at radius 2 is 0.546 bits per heavy atom. The molecule has 0 fully saturated rings. The lowest BCUT2D eigenvalue weighted by atomic mass is 10.0. The van der Waals surface area contributed by atoms with E-state index in [1.165, 1.54) is 70.6 Å². The summed E-state index contributed by atoms with van der Waals surface area (Å²) in [4.78, 5) is 58.5. The summed E-state index contributed by atoms with van der Waals surface area (Å²) in [5.41, 5.74) is 0. The Labute approximate surface area is 588 Å². The van der Waals surface area contributed by atoms with Crippen molar-refractivity contribution in [2.75, 3.05) is 39.6 Å². The number of aliphatic hydroxyl groups is 2. The Bertz CT molecular complexity index is 2300. The molecule has 0 aliphatic carbocycles. The lowest BCUT2D eigenvalue weighted by Gasteiger charge is -2.21. The van der Waals surface area contributed by atoms with Crippen molar-refractivity contribution in [1.82, 2.24) is 0 Å². The molecule has 0 spiro atoms. The van der Waals surface area contributed by atoms with Gasteiger partial charge in [0.25, 0.3) is 0 Å². The molecule has 0 aliphatic heterocycles.